The quantitative estimate of drug-likeness (QED) is 0.191. The van der Waals surface area contributed by atoms with Gasteiger partial charge in [-0.15, -0.1) is 0 Å². The van der Waals surface area contributed by atoms with E-state index in [1.165, 1.54) is 23.2 Å². The summed E-state index contributed by atoms with van der Waals surface area (Å²) in [7, 11) is 0. The maximum atomic E-state index is 14.2. The fourth-order valence-corrected chi connectivity index (χ4v) is 5.08. The fraction of sp³-hybridized carbons (Fsp3) is 0.294. The zero-order valence-corrected chi connectivity index (χ0v) is 26.0. The summed E-state index contributed by atoms with van der Waals surface area (Å²) < 4.78 is 53.3. The summed E-state index contributed by atoms with van der Waals surface area (Å²) in [4.78, 5) is 37.5. The topological polar surface area (TPSA) is 117 Å². The fourth-order valence-electron chi connectivity index (χ4n) is 5.08. The molecule has 0 bridgehead atoms. The second-order valence-corrected chi connectivity index (χ2v) is 11.3. The summed E-state index contributed by atoms with van der Waals surface area (Å²) in [5.41, 5.74) is 0.794. The van der Waals surface area contributed by atoms with E-state index in [-0.39, 0.29) is 29.1 Å². The number of pyridine rings is 2. The number of aromatic carboxylic acids is 1. The van der Waals surface area contributed by atoms with E-state index in [0.29, 0.717) is 24.5 Å². The number of morpholine rings is 1. The van der Waals surface area contributed by atoms with Gasteiger partial charge in [-0.25, -0.2) is 14.8 Å². The Labute approximate surface area is 269 Å². The molecule has 13 heteroatoms. The number of rotatable bonds is 10. The third kappa shape index (κ3) is 7.98. The van der Waals surface area contributed by atoms with E-state index in [1.54, 1.807) is 50.4 Å². The minimum atomic E-state index is -4.82. The van der Waals surface area contributed by atoms with E-state index < -0.39 is 35.5 Å². The van der Waals surface area contributed by atoms with E-state index in [4.69, 9.17) is 9.47 Å². The third-order valence-corrected chi connectivity index (χ3v) is 7.50. The SMILES string of the molecule is Cc1ccc(C(=O)N(c2ccc(Oc3ncc(CNc4ccc(N5CCOCC5)nc4)cc3C(F)(F)F)cc2C(=O)O)C(C)C)cc1. The maximum absolute atomic E-state index is 14.2. The van der Waals surface area contributed by atoms with E-state index in [9.17, 15) is 27.9 Å². The smallest absolute Gasteiger partial charge is 0.421 e. The van der Waals surface area contributed by atoms with Gasteiger partial charge in [0.1, 0.15) is 17.1 Å². The van der Waals surface area contributed by atoms with Crippen molar-refractivity contribution in [2.75, 3.05) is 41.4 Å². The van der Waals surface area contributed by atoms with Gasteiger partial charge in [-0.05, 0) is 74.9 Å². The largest absolute Gasteiger partial charge is 0.478 e. The van der Waals surface area contributed by atoms with Crippen LogP contribution in [0.1, 0.15) is 51.3 Å². The first-order valence-corrected chi connectivity index (χ1v) is 14.9. The monoisotopic (exact) mass is 649 g/mol. The van der Waals surface area contributed by atoms with Gasteiger partial charge < -0.3 is 29.7 Å². The first-order valence-electron chi connectivity index (χ1n) is 14.9. The van der Waals surface area contributed by atoms with Crippen LogP contribution in [0.4, 0.5) is 30.4 Å². The van der Waals surface area contributed by atoms with Crippen LogP contribution in [0.3, 0.4) is 0 Å². The zero-order chi connectivity index (χ0) is 33.7. The van der Waals surface area contributed by atoms with Gasteiger partial charge in [0.2, 0.25) is 5.88 Å². The maximum Gasteiger partial charge on any atom is 0.421 e. The first-order chi connectivity index (χ1) is 22.4. The molecule has 5 rings (SSSR count). The molecule has 10 nitrogen and oxygen atoms in total. The number of amides is 1. The molecule has 1 aliphatic heterocycles. The number of alkyl halides is 3. The molecular weight excluding hydrogens is 615 g/mol. The molecule has 1 amide bonds. The van der Waals surface area contributed by atoms with Crippen LogP contribution in [0.25, 0.3) is 0 Å². The van der Waals surface area contributed by atoms with Gasteiger partial charge in [-0.3, -0.25) is 4.79 Å². The van der Waals surface area contributed by atoms with Gasteiger partial charge in [-0.2, -0.15) is 13.2 Å². The highest BCUT2D eigenvalue weighted by molar-refractivity contribution is 6.09. The minimum Gasteiger partial charge on any atom is -0.478 e. The molecule has 2 aromatic heterocycles. The highest BCUT2D eigenvalue weighted by Gasteiger charge is 2.36. The van der Waals surface area contributed by atoms with Crippen molar-refractivity contribution < 1.29 is 37.3 Å². The number of anilines is 3. The molecule has 47 heavy (non-hydrogen) atoms. The number of halogens is 3. The molecule has 1 fully saturated rings. The second kappa shape index (κ2) is 14.1. The number of nitrogens with one attached hydrogen (secondary N) is 1. The van der Waals surface area contributed by atoms with E-state index >= 15 is 0 Å². The van der Waals surface area contributed by atoms with Crippen LogP contribution >= 0.6 is 0 Å². The van der Waals surface area contributed by atoms with Crippen LogP contribution < -0.4 is 19.9 Å². The Balaban J connectivity index is 1.35. The van der Waals surface area contributed by atoms with Crippen LogP contribution in [-0.2, 0) is 17.5 Å². The summed E-state index contributed by atoms with van der Waals surface area (Å²) in [5, 5.41) is 13.1. The molecule has 0 radical (unpaired) electrons. The lowest BCUT2D eigenvalue weighted by atomic mass is 10.1. The lowest BCUT2D eigenvalue weighted by Crippen LogP contribution is -2.38. The van der Waals surface area contributed by atoms with Crippen molar-refractivity contribution in [1.29, 1.82) is 0 Å². The summed E-state index contributed by atoms with van der Waals surface area (Å²) >= 11 is 0. The molecule has 3 heterocycles. The van der Waals surface area contributed by atoms with E-state index in [2.05, 4.69) is 20.2 Å². The Bertz CT molecular complexity index is 1720. The van der Waals surface area contributed by atoms with Crippen molar-refractivity contribution in [3.05, 3.63) is 101 Å². The van der Waals surface area contributed by atoms with Crippen LogP contribution in [0.2, 0.25) is 0 Å². The Morgan fingerprint density at radius 2 is 1.74 bits per heavy atom. The van der Waals surface area contributed by atoms with Crippen LogP contribution in [0, 0.1) is 6.92 Å². The van der Waals surface area contributed by atoms with Crippen molar-refractivity contribution in [1.82, 2.24) is 9.97 Å². The Hall–Kier alpha value is -5.17. The molecule has 0 spiro atoms. The molecule has 4 aromatic rings. The lowest BCUT2D eigenvalue weighted by molar-refractivity contribution is -0.138. The molecule has 1 saturated heterocycles. The average molecular weight is 650 g/mol. The molecule has 0 aliphatic carbocycles. The van der Waals surface area contributed by atoms with Crippen molar-refractivity contribution in [2.45, 2.75) is 39.5 Å². The highest BCUT2D eigenvalue weighted by atomic mass is 19.4. The Morgan fingerprint density at radius 3 is 2.36 bits per heavy atom. The molecule has 1 aliphatic rings. The zero-order valence-electron chi connectivity index (χ0n) is 26.0. The normalized spacial score (nSPS) is 13.4. The standard InChI is InChI=1S/C34H34F3N5O5/c1-21(2)42(32(43)24-6-4-22(3)5-7-24)29-10-9-26(17-27(29)33(44)45)47-31-28(34(35,36)37)16-23(19-40-31)18-38-25-8-11-30(39-20-25)41-12-14-46-15-13-41/h4-11,16-17,19-21,38H,12-15,18H2,1-3H3,(H,44,45). The number of aromatic nitrogens is 2. The number of ether oxygens (including phenoxy) is 2. The summed E-state index contributed by atoms with van der Waals surface area (Å²) in [6.07, 6.45) is -1.96. The predicted molar refractivity (Wildman–Crippen MR) is 170 cm³/mol. The van der Waals surface area contributed by atoms with E-state index in [1.807, 2.05) is 13.0 Å². The number of carbonyl (C=O) groups excluding carboxylic acids is 1. The van der Waals surface area contributed by atoms with Gasteiger partial charge in [0.25, 0.3) is 5.91 Å². The number of carboxylic acid groups (broad SMARTS) is 1. The molecular formula is C34H34F3N5O5. The van der Waals surface area contributed by atoms with Crippen molar-refractivity contribution >= 4 is 29.1 Å². The Kier molecular flexibility index (Phi) is 9.95. The van der Waals surface area contributed by atoms with Crippen molar-refractivity contribution in [3.63, 3.8) is 0 Å². The third-order valence-electron chi connectivity index (χ3n) is 7.50. The molecule has 246 valence electrons. The number of carboxylic acids is 1. The second-order valence-electron chi connectivity index (χ2n) is 11.3. The summed E-state index contributed by atoms with van der Waals surface area (Å²) in [5.74, 6) is -1.95. The molecule has 2 aromatic carbocycles. The summed E-state index contributed by atoms with van der Waals surface area (Å²) in [6.45, 7) is 8.07. The van der Waals surface area contributed by atoms with Crippen molar-refractivity contribution in [3.8, 4) is 11.6 Å². The molecule has 2 N–H and O–H groups in total. The van der Waals surface area contributed by atoms with Crippen LogP contribution in [-0.4, -0.2) is 59.3 Å². The number of hydrogen-bond acceptors (Lipinski definition) is 8. The van der Waals surface area contributed by atoms with Crippen molar-refractivity contribution in [2.24, 2.45) is 0 Å². The molecule has 0 saturated carbocycles. The number of aryl methyl sites for hydroxylation is 1. The highest BCUT2D eigenvalue weighted by Crippen LogP contribution is 2.38. The number of hydrogen-bond donors (Lipinski definition) is 2. The average Bonchev–Trinajstić information content (AvgIpc) is 3.05. The molecule has 0 atom stereocenters. The van der Waals surface area contributed by atoms with Gasteiger partial charge in [0.15, 0.2) is 0 Å². The molecule has 0 unspecified atom stereocenters. The van der Waals surface area contributed by atoms with E-state index in [0.717, 1.165) is 36.6 Å². The lowest BCUT2D eigenvalue weighted by Gasteiger charge is -2.28. The number of nitrogens with zero attached hydrogens (tertiary/aromatic N) is 4. The van der Waals surface area contributed by atoms with Gasteiger partial charge >= 0.3 is 12.1 Å². The summed E-state index contributed by atoms with van der Waals surface area (Å²) in [6, 6.07) is 14.7. The first kappa shape index (κ1) is 33.2. The Morgan fingerprint density at radius 1 is 1.02 bits per heavy atom. The minimum absolute atomic E-state index is 0.0346. The predicted octanol–water partition coefficient (Wildman–Crippen LogP) is 6.80. The van der Waals surface area contributed by atoms with Crippen LogP contribution in [0.15, 0.2) is 73.1 Å². The van der Waals surface area contributed by atoms with Gasteiger partial charge in [0, 0.05) is 37.4 Å². The van der Waals surface area contributed by atoms with Gasteiger partial charge in [0.05, 0.1) is 36.3 Å². The van der Waals surface area contributed by atoms with Gasteiger partial charge in [-0.1, -0.05) is 17.7 Å². The number of benzene rings is 2. The number of carbonyl (C=O) groups is 2. The van der Waals surface area contributed by atoms with Crippen LogP contribution in [0.5, 0.6) is 11.6 Å².